The van der Waals surface area contributed by atoms with Crippen molar-refractivity contribution in [3.8, 4) is 0 Å². The van der Waals surface area contributed by atoms with E-state index in [0.717, 1.165) is 5.92 Å². The molecule has 0 saturated heterocycles. The number of hydrogen-bond donors (Lipinski definition) is 0. The molecule has 0 radical (unpaired) electrons. The first kappa shape index (κ1) is 10.7. The van der Waals surface area contributed by atoms with Crippen LogP contribution in [-0.4, -0.2) is 12.7 Å². The normalized spacial score (nSPS) is 12.1. The van der Waals surface area contributed by atoms with E-state index in [1.807, 2.05) is 0 Å². The van der Waals surface area contributed by atoms with Gasteiger partial charge in [-0.25, -0.2) is 0 Å². The standard InChI is InChI=1S/C6H8.3W/c1-4-5-6(2)3;;;/h1-2,6H,5H2,3H3;;;. The van der Waals surface area contributed by atoms with Gasteiger partial charge in [0.1, 0.15) is 0 Å². The van der Waals surface area contributed by atoms with E-state index >= 15 is 0 Å². The molecule has 0 saturated carbocycles. The van der Waals surface area contributed by atoms with Crippen LogP contribution in [0.3, 0.4) is 0 Å². The van der Waals surface area contributed by atoms with Crippen molar-refractivity contribution in [2.24, 2.45) is 5.92 Å². The van der Waals surface area contributed by atoms with Gasteiger partial charge >= 0.3 is 90.0 Å². The van der Waals surface area contributed by atoms with Gasteiger partial charge in [-0.3, -0.25) is 0 Å². The topological polar surface area (TPSA) is 0 Å². The average molecular weight is 632 g/mol. The molecule has 9 heavy (non-hydrogen) atoms. The van der Waals surface area contributed by atoms with Crippen LogP contribution in [-0.2, 0) is 58.1 Å². The molecule has 0 aliphatic rings. The molecule has 3 heteroatoms. The van der Waals surface area contributed by atoms with E-state index in [2.05, 4.69) is 15.7 Å². The van der Waals surface area contributed by atoms with Gasteiger partial charge in [0.05, 0.1) is 0 Å². The van der Waals surface area contributed by atoms with Crippen LogP contribution in [0.15, 0.2) is 0 Å². The SMILES string of the molecule is CC([CH]=[W])C[C](=[W])[CH]=[W]. The third-order valence-electron chi connectivity index (χ3n) is 0.887. The number of rotatable bonds is 4. The Balaban J connectivity index is 3.58. The van der Waals surface area contributed by atoms with Crippen LogP contribution in [0.5, 0.6) is 0 Å². The van der Waals surface area contributed by atoms with Crippen LogP contribution >= 0.6 is 0 Å². The summed E-state index contributed by atoms with van der Waals surface area (Å²) in [6.45, 7) is 2.29. The van der Waals surface area contributed by atoms with Gasteiger partial charge in [-0.1, -0.05) is 0 Å². The van der Waals surface area contributed by atoms with E-state index in [-0.39, 0.29) is 0 Å². The molecule has 0 N–H and O–H groups in total. The third-order valence-corrected chi connectivity index (χ3v) is 6.93. The zero-order chi connectivity index (χ0) is 7.28. The minimum absolute atomic E-state index is 0.808. The fourth-order valence-corrected chi connectivity index (χ4v) is 2.05. The van der Waals surface area contributed by atoms with E-state index in [4.69, 9.17) is 0 Å². The molecular formula is C6H8W3. The van der Waals surface area contributed by atoms with Crippen LogP contribution in [0.4, 0.5) is 0 Å². The molecule has 50 valence electrons. The zero-order valence-electron chi connectivity index (χ0n) is 5.16. The van der Waals surface area contributed by atoms with Gasteiger partial charge in [0.25, 0.3) is 0 Å². The third kappa shape index (κ3) is 6.09. The summed E-state index contributed by atoms with van der Waals surface area (Å²) < 4.78 is 6.28. The number of hydrogen-bond acceptors (Lipinski definition) is 0. The molecule has 0 heterocycles. The summed E-state index contributed by atoms with van der Waals surface area (Å²) in [4.78, 5) is 0. The Bertz CT molecular complexity index is 128. The van der Waals surface area contributed by atoms with Crippen molar-refractivity contribution in [1.29, 1.82) is 0 Å². The Morgan fingerprint density at radius 1 is 1.56 bits per heavy atom. The molecule has 1 atom stereocenters. The van der Waals surface area contributed by atoms with Gasteiger partial charge in [0, 0.05) is 0 Å². The van der Waals surface area contributed by atoms with Gasteiger partial charge in [-0.2, -0.15) is 0 Å². The summed E-state index contributed by atoms with van der Waals surface area (Å²) in [6.07, 6.45) is 1.29. The molecular weight excluding hydrogens is 624 g/mol. The summed E-state index contributed by atoms with van der Waals surface area (Å²) in [6, 6.07) is 0. The second-order valence-electron chi connectivity index (χ2n) is 1.90. The van der Waals surface area contributed by atoms with Crippen molar-refractivity contribution in [2.75, 3.05) is 0 Å². The van der Waals surface area contributed by atoms with Crippen molar-refractivity contribution in [3.63, 3.8) is 0 Å². The molecule has 0 aromatic carbocycles. The van der Waals surface area contributed by atoms with Crippen LogP contribution in [0.1, 0.15) is 13.3 Å². The van der Waals surface area contributed by atoms with Gasteiger partial charge in [0.15, 0.2) is 0 Å². The molecule has 0 amide bonds. The van der Waals surface area contributed by atoms with Crippen molar-refractivity contribution in [1.82, 2.24) is 0 Å². The van der Waals surface area contributed by atoms with Gasteiger partial charge in [-0.05, 0) is 0 Å². The van der Waals surface area contributed by atoms with Crippen LogP contribution < -0.4 is 0 Å². The Morgan fingerprint density at radius 2 is 2.11 bits per heavy atom. The predicted octanol–water partition coefficient (Wildman–Crippen LogP) is 0.430. The Hall–Kier alpha value is 1.67. The molecule has 0 spiro atoms. The molecule has 0 fully saturated rings. The Morgan fingerprint density at radius 3 is 2.44 bits per heavy atom. The molecule has 0 nitrogen and oxygen atoms in total. The van der Waals surface area contributed by atoms with Crippen molar-refractivity contribution >= 4 is 12.7 Å². The van der Waals surface area contributed by atoms with E-state index in [0.29, 0.717) is 0 Å². The fraction of sp³-hybridized carbons (Fsp3) is 0.500. The van der Waals surface area contributed by atoms with Crippen molar-refractivity contribution in [3.05, 3.63) is 0 Å². The molecule has 0 aliphatic heterocycles. The fourth-order valence-electron chi connectivity index (χ4n) is 0.414. The molecule has 0 aromatic rings. The first-order chi connectivity index (χ1) is 4.20. The first-order valence-corrected chi connectivity index (χ1v) is 7.49. The molecule has 0 aromatic heterocycles. The van der Waals surface area contributed by atoms with Gasteiger partial charge in [-0.15, -0.1) is 0 Å². The second-order valence-corrected chi connectivity index (χ2v) is 5.61. The Kier molecular flexibility index (Phi) is 7.58. The summed E-state index contributed by atoms with van der Waals surface area (Å²) >= 11 is 4.83. The maximum atomic E-state index is 2.35. The molecule has 0 bridgehead atoms. The predicted molar refractivity (Wildman–Crippen MR) is 30.9 cm³/mol. The van der Waals surface area contributed by atoms with Crippen molar-refractivity contribution in [2.45, 2.75) is 13.3 Å². The van der Waals surface area contributed by atoms with E-state index in [1.54, 1.807) is 62.0 Å². The van der Waals surface area contributed by atoms with Gasteiger partial charge in [0.2, 0.25) is 0 Å². The van der Waals surface area contributed by atoms with Crippen LogP contribution in [0.25, 0.3) is 0 Å². The summed E-state index contributed by atoms with van der Waals surface area (Å²) in [7, 11) is 0. The average Bonchev–Trinajstić information content (AvgIpc) is 1.87. The first-order valence-electron chi connectivity index (χ1n) is 2.64. The zero-order valence-corrected chi connectivity index (χ0v) is 14.0. The monoisotopic (exact) mass is 632 g/mol. The van der Waals surface area contributed by atoms with Gasteiger partial charge < -0.3 is 0 Å². The summed E-state index contributed by atoms with van der Waals surface area (Å²) in [5.41, 5.74) is 0. The molecule has 1 unspecified atom stereocenters. The van der Waals surface area contributed by atoms with E-state index in [1.165, 1.54) is 6.42 Å². The van der Waals surface area contributed by atoms with E-state index < -0.39 is 0 Å². The molecule has 0 rings (SSSR count). The maximum absolute atomic E-state index is 2.35. The van der Waals surface area contributed by atoms with Crippen LogP contribution in [0, 0.1) is 5.92 Å². The molecule has 0 aliphatic carbocycles. The summed E-state index contributed by atoms with van der Waals surface area (Å²) in [5.74, 6) is 0.808. The summed E-state index contributed by atoms with van der Waals surface area (Å²) in [5, 5.41) is 0. The minimum atomic E-state index is 0.808. The van der Waals surface area contributed by atoms with E-state index in [9.17, 15) is 0 Å². The second kappa shape index (κ2) is 6.39. The quantitative estimate of drug-likeness (QED) is 0.423. The Labute approximate surface area is 89.0 Å². The van der Waals surface area contributed by atoms with Crippen molar-refractivity contribution < 1.29 is 58.1 Å². The van der Waals surface area contributed by atoms with Crippen LogP contribution in [0.2, 0.25) is 0 Å².